The van der Waals surface area contributed by atoms with Gasteiger partial charge >= 0.3 is 0 Å². The topological polar surface area (TPSA) is 67.9 Å². The van der Waals surface area contributed by atoms with E-state index in [-0.39, 0.29) is 5.95 Å². The summed E-state index contributed by atoms with van der Waals surface area (Å²) in [5.41, 5.74) is 7.74. The van der Waals surface area contributed by atoms with Crippen LogP contribution in [0.25, 0.3) is 11.4 Å². The van der Waals surface area contributed by atoms with Crippen molar-refractivity contribution in [2.75, 3.05) is 23.7 Å². The molecular formula is C15H18ClN5. The minimum absolute atomic E-state index is 0.247. The summed E-state index contributed by atoms with van der Waals surface area (Å²) in [4.78, 5) is 15.2. The molecule has 1 aliphatic heterocycles. The number of rotatable bonds is 2. The zero-order valence-corrected chi connectivity index (χ0v) is 12.8. The van der Waals surface area contributed by atoms with Gasteiger partial charge in [-0.1, -0.05) is 23.7 Å². The number of hydrogen-bond acceptors (Lipinski definition) is 5. The van der Waals surface area contributed by atoms with Gasteiger partial charge in [0.2, 0.25) is 11.9 Å². The summed E-state index contributed by atoms with van der Waals surface area (Å²) in [6, 6.07) is 5.78. The molecule has 0 atom stereocenters. The van der Waals surface area contributed by atoms with Gasteiger partial charge in [0.15, 0.2) is 5.82 Å². The van der Waals surface area contributed by atoms with Crippen LogP contribution in [0.2, 0.25) is 5.02 Å². The highest BCUT2D eigenvalue weighted by Gasteiger charge is 2.16. The first kappa shape index (κ1) is 14.1. The molecule has 1 aliphatic rings. The minimum atomic E-state index is 0.247. The predicted octanol–water partition coefficient (Wildman–Crippen LogP) is 3.07. The predicted molar refractivity (Wildman–Crippen MR) is 85.5 cm³/mol. The van der Waals surface area contributed by atoms with Gasteiger partial charge in [-0.05, 0) is 37.8 Å². The van der Waals surface area contributed by atoms with Crippen LogP contribution >= 0.6 is 11.6 Å². The van der Waals surface area contributed by atoms with Crippen molar-refractivity contribution in [2.45, 2.75) is 26.2 Å². The van der Waals surface area contributed by atoms with Crippen molar-refractivity contribution in [3.05, 3.63) is 28.8 Å². The smallest absolute Gasteiger partial charge is 0.230 e. The van der Waals surface area contributed by atoms with Crippen molar-refractivity contribution >= 4 is 23.5 Å². The van der Waals surface area contributed by atoms with Crippen molar-refractivity contribution in [3.8, 4) is 11.4 Å². The van der Waals surface area contributed by atoms with E-state index in [0.29, 0.717) is 16.8 Å². The third-order valence-electron chi connectivity index (χ3n) is 3.71. The molecule has 3 rings (SSSR count). The summed E-state index contributed by atoms with van der Waals surface area (Å²) in [6.45, 7) is 3.90. The van der Waals surface area contributed by atoms with Crippen molar-refractivity contribution in [1.29, 1.82) is 0 Å². The maximum atomic E-state index is 6.18. The number of aryl methyl sites for hydroxylation is 1. The third kappa shape index (κ3) is 3.08. The standard InChI is InChI=1S/C15H18ClN5/c1-10-5-6-11(9-12(10)16)13-18-14(17)20-15(19-13)21-7-3-2-4-8-21/h5-6,9H,2-4,7-8H2,1H3,(H2,17,18,19,20). The molecular weight excluding hydrogens is 286 g/mol. The fraction of sp³-hybridized carbons (Fsp3) is 0.400. The zero-order valence-electron chi connectivity index (χ0n) is 12.0. The molecule has 0 saturated carbocycles. The van der Waals surface area contributed by atoms with Gasteiger partial charge < -0.3 is 10.6 Å². The molecule has 21 heavy (non-hydrogen) atoms. The number of nitrogen functional groups attached to an aromatic ring is 1. The number of nitrogens with zero attached hydrogens (tertiary/aromatic N) is 4. The second-order valence-corrected chi connectivity index (χ2v) is 5.74. The van der Waals surface area contributed by atoms with Gasteiger partial charge in [-0.25, -0.2) is 0 Å². The average Bonchev–Trinajstić information content (AvgIpc) is 2.50. The molecule has 1 saturated heterocycles. The molecule has 2 aromatic rings. The first-order valence-corrected chi connectivity index (χ1v) is 7.54. The summed E-state index contributed by atoms with van der Waals surface area (Å²) in [5, 5.41) is 0.700. The van der Waals surface area contributed by atoms with Crippen molar-refractivity contribution in [3.63, 3.8) is 0 Å². The van der Waals surface area contributed by atoms with E-state index in [1.54, 1.807) is 0 Å². The number of hydrogen-bond donors (Lipinski definition) is 1. The first-order chi connectivity index (χ1) is 10.1. The molecule has 5 nitrogen and oxygen atoms in total. The van der Waals surface area contributed by atoms with Gasteiger partial charge in [0.25, 0.3) is 0 Å². The van der Waals surface area contributed by atoms with Crippen LogP contribution in [-0.4, -0.2) is 28.0 Å². The zero-order chi connectivity index (χ0) is 14.8. The van der Waals surface area contributed by atoms with E-state index >= 15 is 0 Å². The molecule has 1 aromatic heterocycles. The second-order valence-electron chi connectivity index (χ2n) is 5.33. The lowest BCUT2D eigenvalue weighted by Crippen LogP contribution is -2.31. The molecule has 0 unspecified atom stereocenters. The van der Waals surface area contributed by atoms with Gasteiger partial charge in [-0.15, -0.1) is 0 Å². The van der Waals surface area contributed by atoms with E-state index in [0.717, 1.165) is 37.1 Å². The number of benzene rings is 1. The fourth-order valence-electron chi connectivity index (χ4n) is 2.48. The van der Waals surface area contributed by atoms with Crippen LogP contribution in [-0.2, 0) is 0 Å². The Morgan fingerprint density at radius 1 is 1.10 bits per heavy atom. The summed E-state index contributed by atoms with van der Waals surface area (Å²) in [6.07, 6.45) is 3.59. The molecule has 0 amide bonds. The molecule has 110 valence electrons. The number of halogens is 1. The van der Waals surface area contributed by atoms with E-state index in [4.69, 9.17) is 17.3 Å². The number of anilines is 2. The summed E-state index contributed by atoms with van der Waals surface area (Å²) in [5.74, 6) is 1.48. The Bertz CT molecular complexity index is 653. The Balaban J connectivity index is 1.98. The first-order valence-electron chi connectivity index (χ1n) is 7.16. The highest BCUT2D eigenvalue weighted by Crippen LogP contribution is 2.25. The number of piperidine rings is 1. The SMILES string of the molecule is Cc1ccc(-c2nc(N)nc(N3CCCCC3)n2)cc1Cl. The van der Waals surface area contributed by atoms with E-state index < -0.39 is 0 Å². The molecule has 0 spiro atoms. The van der Waals surface area contributed by atoms with Crippen LogP contribution in [0.5, 0.6) is 0 Å². The summed E-state index contributed by atoms with van der Waals surface area (Å²) in [7, 11) is 0. The Kier molecular flexibility index (Phi) is 3.92. The maximum Gasteiger partial charge on any atom is 0.230 e. The highest BCUT2D eigenvalue weighted by atomic mass is 35.5. The van der Waals surface area contributed by atoms with E-state index in [2.05, 4.69) is 19.9 Å². The van der Waals surface area contributed by atoms with Crippen LogP contribution in [0.3, 0.4) is 0 Å². The van der Waals surface area contributed by atoms with Gasteiger partial charge in [0, 0.05) is 23.7 Å². The molecule has 6 heteroatoms. The molecule has 2 N–H and O–H groups in total. The van der Waals surface area contributed by atoms with E-state index in [1.807, 2.05) is 25.1 Å². The van der Waals surface area contributed by atoms with Crippen LogP contribution < -0.4 is 10.6 Å². The maximum absolute atomic E-state index is 6.18. The number of aromatic nitrogens is 3. The lowest BCUT2D eigenvalue weighted by atomic mass is 10.1. The molecule has 2 heterocycles. The second kappa shape index (κ2) is 5.85. The summed E-state index contributed by atoms with van der Waals surface area (Å²) >= 11 is 6.18. The lowest BCUT2D eigenvalue weighted by molar-refractivity contribution is 0.568. The van der Waals surface area contributed by atoms with Crippen molar-refractivity contribution in [1.82, 2.24) is 15.0 Å². The van der Waals surface area contributed by atoms with Gasteiger partial charge in [0.05, 0.1) is 0 Å². The van der Waals surface area contributed by atoms with Gasteiger partial charge in [-0.2, -0.15) is 15.0 Å². The lowest BCUT2D eigenvalue weighted by Gasteiger charge is -2.26. The average molecular weight is 304 g/mol. The normalized spacial score (nSPS) is 15.2. The van der Waals surface area contributed by atoms with Crippen LogP contribution in [0.4, 0.5) is 11.9 Å². The van der Waals surface area contributed by atoms with Gasteiger partial charge in [-0.3, -0.25) is 0 Å². The van der Waals surface area contributed by atoms with Crippen molar-refractivity contribution in [2.24, 2.45) is 0 Å². The van der Waals surface area contributed by atoms with Crippen LogP contribution in [0, 0.1) is 6.92 Å². The third-order valence-corrected chi connectivity index (χ3v) is 4.12. The number of nitrogens with two attached hydrogens (primary N) is 1. The molecule has 0 radical (unpaired) electrons. The van der Waals surface area contributed by atoms with Crippen LogP contribution in [0.1, 0.15) is 24.8 Å². The monoisotopic (exact) mass is 303 g/mol. The van der Waals surface area contributed by atoms with Crippen LogP contribution in [0.15, 0.2) is 18.2 Å². The quantitative estimate of drug-likeness (QED) is 0.923. The van der Waals surface area contributed by atoms with Crippen molar-refractivity contribution < 1.29 is 0 Å². The van der Waals surface area contributed by atoms with E-state index in [1.165, 1.54) is 6.42 Å². The summed E-state index contributed by atoms with van der Waals surface area (Å²) < 4.78 is 0. The Morgan fingerprint density at radius 3 is 2.57 bits per heavy atom. The Hall–Kier alpha value is -1.88. The molecule has 0 bridgehead atoms. The Morgan fingerprint density at radius 2 is 1.86 bits per heavy atom. The molecule has 1 aromatic carbocycles. The minimum Gasteiger partial charge on any atom is -0.368 e. The fourth-order valence-corrected chi connectivity index (χ4v) is 2.66. The van der Waals surface area contributed by atoms with E-state index in [9.17, 15) is 0 Å². The Labute approximate surface area is 129 Å². The molecule has 1 fully saturated rings. The molecule has 0 aliphatic carbocycles. The highest BCUT2D eigenvalue weighted by molar-refractivity contribution is 6.31. The van der Waals surface area contributed by atoms with Gasteiger partial charge in [0.1, 0.15) is 0 Å². The largest absolute Gasteiger partial charge is 0.368 e.